The molecule has 0 radical (unpaired) electrons. The van der Waals surface area contributed by atoms with Crippen LogP contribution in [-0.4, -0.2) is 37.8 Å². The number of aryl methyl sites for hydroxylation is 1. The summed E-state index contributed by atoms with van der Waals surface area (Å²) in [6.07, 6.45) is 4.19. The van der Waals surface area contributed by atoms with Crippen LogP contribution in [0.15, 0.2) is 46.8 Å². The summed E-state index contributed by atoms with van der Waals surface area (Å²) >= 11 is 2.69. The Kier molecular flexibility index (Phi) is 5.30. The van der Waals surface area contributed by atoms with E-state index in [1.165, 1.54) is 23.1 Å². The highest BCUT2D eigenvalue weighted by Gasteiger charge is 2.32. The van der Waals surface area contributed by atoms with Crippen molar-refractivity contribution in [3.63, 3.8) is 0 Å². The minimum Gasteiger partial charge on any atom is -0.508 e. The summed E-state index contributed by atoms with van der Waals surface area (Å²) in [5, 5.41) is 19.7. The molecule has 1 aromatic carbocycles. The Morgan fingerprint density at radius 3 is 2.92 bits per heavy atom. The molecule has 0 aliphatic carbocycles. The maximum atomic E-state index is 12.7. The van der Waals surface area contributed by atoms with Gasteiger partial charge in [0.25, 0.3) is 5.91 Å². The number of phenolic OH excluding ortho intramolecular Hbond substituents is 1. The molecule has 128 valence electrons. The van der Waals surface area contributed by atoms with Crippen LogP contribution >= 0.6 is 23.1 Å². The zero-order chi connectivity index (χ0) is 17.8. The Balaban J connectivity index is 1.93. The summed E-state index contributed by atoms with van der Waals surface area (Å²) in [5.74, 6) is 0.00909. The van der Waals surface area contributed by atoms with E-state index in [-0.39, 0.29) is 11.7 Å². The summed E-state index contributed by atoms with van der Waals surface area (Å²) in [6, 6.07) is 6.75. The van der Waals surface area contributed by atoms with Gasteiger partial charge in [0.15, 0.2) is 5.17 Å². The number of amidine groups is 1. The number of aromatic nitrogens is 2. The molecule has 1 amide bonds. The summed E-state index contributed by atoms with van der Waals surface area (Å²) in [7, 11) is 0. The topological polar surface area (TPSA) is 78.7 Å². The van der Waals surface area contributed by atoms with Crippen molar-refractivity contribution in [2.75, 3.05) is 6.54 Å². The predicted molar refractivity (Wildman–Crippen MR) is 102 cm³/mol. The van der Waals surface area contributed by atoms with Crippen molar-refractivity contribution in [3.05, 3.63) is 52.4 Å². The molecule has 2 aromatic rings. The SMILES string of the molecule is C=CCN1C(=O)/C(=C\c2cccc(O)c2)SC1=Nc1nnc(CC)s1. The molecule has 0 spiro atoms. The maximum absolute atomic E-state index is 12.7. The second-order valence-corrected chi connectivity index (χ2v) is 7.19. The number of rotatable bonds is 5. The third kappa shape index (κ3) is 3.97. The van der Waals surface area contributed by atoms with E-state index in [1.807, 2.05) is 13.0 Å². The van der Waals surface area contributed by atoms with E-state index in [2.05, 4.69) is 21.8 Å². The fourth-order valence-electron chi connectivity index (χ4n) is 2.16. The number of hydrogen-bond acceptors (Lipinski definition) is 7. The highest BCUT2D eigenvalue weighted by Crippen LogP contribution is 2.34. The van der Waals surface area contributed by atoms with E-state index in [9.17, 15) is 9.90 Å². The van der Waals surface area contributed by atoms with E-state index in [4.69, 9.17) is 0 Å². The van der Waals surface area contributed by atoms with Crippen LogP contribution in [0.4, 0.5) is 5.13 Å². The summed E-state index contributed by atoms with van der Waals surface area (Å²) in [6.45, 7) is 6.07. The monoisotopic (exact) mass is 372 g/mol. The van der Waals surface area contributed by atoms with E-state index in [0.717, 1.165) is 17.0 Å². The molecule has 1 aromatic heterocycles. The lowest BCUT2D eigenvalue weighted by Crippen LogP contribution is -2.29. The van der Waals surface area contributed by atoms with E-state index < -0.39 is 0 Å². The van der Waals surface area contributed by atoms with E-state index in [1.54, 1.807) is 35.3 Å². The Bertz CT molecular complexity index is 873. The minimum absolute atomic E-state index is 0.146. The van der Waals surface area contributed by atoms with Gasteiger partial charge in [-0.05, 0) is 42.0 Å². The largest absolute Gasteiger partial charge is 0.508 e. The number of aliphatic imine (C=N–C) groups is 1. The number of phenols is 1. The smallest absolute Gasteiger partial charge is 0.267 e. The third-order valence-corrected chi connectivity index (χ3v) is 5.29. The summed E-state index contributed by atoms with van der Waals surface area (Å²) < 4.78 is 0. The highest BCUT2D eigenvalue weighted by molar-refractivity contribution is 8.18. The maximum Gasteiger partial charge on any atom is 0.267 e. The molecular formula is C17H16N4O2S2. The first-order valence-electron chi connectivity index (χ1n) is 7.63. The van der Waals surface area contributed by atoms with E-state index >= 15 is 0 Å². The molecule has 0 unspecified atom stereocenters. The van der Waals surface area contributed by atoms with Gasteiger partial charge >= 0.3 is 0 Å². The first-order chi connectivity index (χ1) is 12.1. The van der Waals surface area contributed by atoms with Crippen molar-refractivity contribution >= 4 is 45.4 Å². The van der Waals surface area contributed by atoms with Gasteiger partial charge in [0.05, 0.1) is 4.91 Å². The predicted octanol–water partition coefficient (Wildman–Crippen LogP) is 3.60. The number of nitrogens with zero attached hydrogens (tertiary/aromatic N) is 4. The van der Waals surface area contributed by atoms with Crippen LogP contribution in [0.5, 0.6) is 5.75 Å². The molecule has 0 bridgehead atoms. The molecule has 1 N–H and O–H groups in total. The molecule has 3 rings (SSSR count). The lowest BCUT2D eigenvalue weighted by molar-refractivity contribution is -0.121. The van der Waals surface area contributed by atoms with Crippen LogP contribution in [0.25, 0.3) is 6.08 Å². The van der Waals surface area contributed by atoms with Gasteiger partial charge in [-0.3, -0.25) is 9.69 Å². The van der Waals surface area contributed by atoms with Crippen molar-refractivity contribution < 1.29 is 9.90 Å². The lowest BCUT2D eigenvalue weighted by atomic mass is 10.2. The zero-order valence-electron chi connectivity index (χ0n) is 13.5. The number of aromatic hydroxyl groups is 1. The fourth-order valence-corrected chi connectivity index (χ4v) is 3.86. The summed E-state index contributed by atoms with van der Waals surface area (Å²) in [4.78, 5) is 19.2. The lowest BCUT2D eigenvalue weighted by Gasteiger charge is -2.11. The summed E-state index contributed by atoms with van der Waals surface area (Å²) in [5.41, 5.74) is 0.750. The Labute approximate surface area is 153 Å². The molecule has 0 atom stereocenters. The number of hydrogen-bond donors (Lipinski definition) is 1. The first-order valence-corrected chi connectivity index (χ1v) is 9.26. The Morgan fingerprint density at radius 2 is 2.24 bits per heavy atom. The van der Waals surface area contributed by atoms with Crippen LogP contribution in [-0.2, 0) is 11.2 Å². The molecule has 2 heterocycles. The normalized spacial score (nSPS) is 17.6. The molecule has 25 heavy (non-hydrogen) atoms. The van der Waals surface area contributed by atoms with Gasteiger partial charge in [-0.2, -0.15) is 4.99 Å². The minimum atomic E-state index is -0.146. The number of carbonyl (C=O) groups excluding carboxylic acids is 1. The van der Waals surface area contributed by atoms with E-state index in [0.29, 0.717) is 21.7 Å². The van der Waals surface area contributed by atoms with Gasteiger partial charge in [-0.15, -0.1) is 16.8 Å². The Morgan fingerprint density at radius 1 is 1.40 bits per heavy atom. The number of amides is 1. The molecule has 0 saturated carbocycles. The second-order valence-electron chi connectivity index (χ2n) is 5.14. The van der Waals surface area contributed by atoms with Crippen molar-refractivity contribution in [1.29, 1.82) is 0 Å². The molecule has 1 aliphatic rings. The van der Waals surface area contributed by atoms with Gasteiger partial charge in [0.2, 0.25) is 5.13 Å². The van der Waals surface area contributed by atoms with Crippen LogP contribution in [0, 0.1) is 0 Å². The zero-order valence-corrected chi connectivity index (χ0v) is 15.2. The van der Waals surface area contributed by atoms with Crippen LogP contribution in [0.2, 0.25) is 0 Å². The van der Waals surface area contributed by atoms with Gasteiger partial charge in [-0.1, -0.05) is 36.5 Å². The molecule has 8 heteroatoms. The van der Waals surface area contributed by atoms with Crippen molar-refractivity contribution in [2.45, 2.75) is 13.3 Å². The molecule has 1 aliphatic heterocycles. The first kappa shape index (κ1) is 17.4. The molecule has 1 fully saturated rings. The average molecular weight is 372 g/mol. The third-order valence-electron chi connectivity index (χ3n) is 3.32. The van der Waals surface area contributed by atoms with Crippen molar-refractivity contribution in [2.24, 2.45) is 4.99 Å². The van der Waals surface area contributed by atoms with Crippen molar-refractivity contribution in [3.8, 4) is 5.75 Å². The Hall–Kier alpha value is -2.45. The van der Waals surface area contributed by atoms with Crippen molar-refractivity contribution in [1.82, 2.24) is 15.1 Å². The van der Waals surface area contributed by atoms with Crippen LogP contribution in [0.3, 0.4) is 0 Å². The number of carbonyl (C=O) groups is 1. The fraction of sp³-hybridized carbons (Fsp3) is 0.176. The van der Waals surface area contributed by atoms with Gasteiger partial charge in [-0.25, -0.2) is 0 Å². The number of thioether (sulfide) groups is 1. The van der Waals surface area contributed by atoms with Gasteiger partial charge in [0.1, 0.15) is 10.8 Å². The number of benzene rings is 1. The highest BCUT2D eigenvalue weighted by atomic mass is 32.2. The van der Waals surface area contributed by atoms with Crippen LogP contribution < -0.4 is 0 Å². The standard InChI is InChI=1S/C17H16N4O2S2/c1-3-8-21-15(23)13(10-11-6-5-7-12(22)9-11)24-17(21)18-16-20-19-14(4-2)25-16/h3,5-7,9-10,22H,1,4,8H2,2H3/b13-10+,18-17?. The molecular weight excluding hydrogens is 356 g/mol. The molecule has 6 nitrogen and oxygen atoms in total. The quantitative estimate of drug-likeness (QED) is 0.641. The van der Waals surface area contributed by atoms with Gasteiger partial charge in [0, 0.05) is 6.54 Å². The van der Waals surface area contributed by atoms with Gasteiger partial charge < -0.3 is 5.11 Å². The molecule has 1 saturated heterocycles. The van der Waals surface area contributed by atoms with Crippen LogP contribution in [0.1, 0.15) is 17.5 Å². The average Bonchev–Trinajstić information content (AvgIpc) is 3.15. The second kappa shape index (κ2) is 7.62.